The summed E-state index contributed by atoms with van der Waals surface area (Å²) in [5.74, 6) is -1.30. The van der Waals surface area contributed by atoms with Crippen molar-refractivity contribution in [1.29, 1.82) is 0 Å². The molecule has 1 aliphatic heterocycles. The van der Waals surface area contributed by atoms with E-state index < -0.39 is 45.8 Å². The number of anilines is 1. The van der Waals surface area contributed by atoms with Crippen LogP contribution in [0.25, 0.3) is 11.1 Å². The Morgan fingerprint density at radius 3 is 2.46 bits per heavy atom. The summed E-state index contributed by atoms with van der Waals surface area (Å²) in [4.78, 5) is 14.1. The van der Waals surface area contributed by atoms with E-state index in [1.54, 1.807) is 44.2 Å². The second kappa shape index (κ2) is 11.7. The Balaban J connectivity index is 1.69. The number of hydrogen-bond donors (Lipinski definition) is 2. The van der Waals surface area contributed by atoms with E-state index in [2.05, 4.69) is 5.32 Å². The minimum Gasteiger partial charge on any atom is -0.487 e. The number of aliphatic hydroxyl groups is 1. The largest absolute Gasteiger partial charge is 0.487 e. The van der Waals surface area contributed by atoms with E-state index in [1.165, 1.54) is 52.7 Å². The highest BCUT2D eigenvalue weighted by Crippen LogP contribution is 2.36. The van der Waals surface area contributed by atoms with Crippen LogP contribution in [0.4, 0.5) is 19.3 Å². The van der Waals surface area contributed by atoms with Crippen molar-refractivity contribution < 1.29 is 31.8 Å². The van der Waals surface area contributed by atoms with E-state index in [4.69, 9.17) is 4.74 Å². The van der Waals surface area contributed by atoms with Crippen LogP contribution in [-0.4, -0.2) is 67.7 Å². The highest BCUT2D eigenvalue weighted by atomic mass is 32.2. The number of likely N-dealkylation sites (N-methyl/N-ethyl adjacent to an activating group) is 1. The first-order valence-corrected chi connectivity index (χ1v) is 13.9. The van der Waals surface area contributed by atoms with Gasteiger partial charge in [0, 0.05) is 25.6 Å². The maximum Gasteiger partial charge on any atom is 0.321 e. The number of ether oxygens (including phenoxy) is 1. The number of hydrogen-bond acceptors (Lipinski definition) is 5. The van der Waals surface area contributed by atoms with Gasteiger partial charge in [-0.25, -0.2) is 22.0 Å². The second-order valence-electron chi connectivity index (χ2n) is 9.70. The molecule has 0 fully saturated rings. The van der Waals surface area contributed by atoms with Crippen molar-refractivity contribution >= 4 is 21.7 Å². The molecule has 0 saturated carbocycles. The van der Waals surface area contributed by atoms with Crippen molar-refractivity contribution in [1.82, 2.24) is 9.21 Å². The molecule has 39 heavy (non-hydrogen) atoms. The quantitative estimate of drug-likeness (QED) is 0.461. The Morgan fingerprint density at radius 2 is 1.79 bits per heavy atom. The standard InChI is InChI=1S/C28H31F2N3O5S/c1-18-15-33(19(2)17-34)39(36,37)27-13-10-21(20-8-11-22(29)12-9-20)14-25(27)38-26(18)16-32(3)28(35)31-24-7-5-4-6-23(24)30/h4-14,18-19,26,34H,15-17H2,1-3H3,(H,31,35)/t18-,19+,26+/m0/s1. The summed E-state index contributed by atoms with van der Waals surface area (Å²) in [6.07, 6.45) is -0.660. The van der Waals surface area contributed by atoms with Gasteiger partial charge in [0.2, 0.25) is 10.0 Å². The molecule has 3 aromatic carbocycles. The molecule has 0 radical (unpaired) electrons. The molecule has 208 valence electrons. The Morgan fingerprint density at radius 1 is 1.13 bits per heavy atom. The van der Waals surface area contributed by atoms with Crippen molar-refractivity contribution in [3.8, 4) is 16.9 Å². The Kier molecular flexibility index (Phi) is 8.53. The number of sulfonamides is 1. The predicted molar refractivity (Wildman–Crippen MR) is 144 cm³/mol. The molecule has 3 atom stereocenters. The molecule has 0 unspecified atom stereocenters. The fourth-order valence-corrected chi connectivity index (χ4v) is 6.22. The molecule has 1 aliphatic rings. The van der Waals surface area contributed by atoms with Gasteiger partial charge in [0.15, 0.2) is 0 Å². The maximum atomic E-state index is 14.1. The number of urea groups is 1. The van der Waals surface area contributed by atoms with Crippen molar-refractivity contribution in [2.75, 3.05) is 32.1 Å². The topological polar surface area (TPSA) is 99.2 Å². The minimum atomic E-state index is -4.05. The van der Waals surface area contributed by atoms with Crippen LogP contribution in [0.2, 0.25) is 0 Å². The number of amides is 2. The van der Waals surface area contributed by atoms with Crippen LogP contribution in [0.5, 0.6) is 5.75 Å². The minimum absolute atomic E-state index is 0.0318. The fourth-order valence-electron chi connectivity index (χ4n) is 4.39. The average Bonchev–Trinajstić information content (AvgIpc) is 2.91. The summed E-state index contributed by atoms with van der Waals surface area (Å²) in [5, 5.41) is 12.4. The lowest BCUT2D eigenvalue weighted by Crippen LogP contribution is -2.50. The number of nitrogens with one attached hydrogen (secondary N) is 1. The molecule has 4 rings (SSSR count). The van der Waals surface area contributed by atoms with E-state index in [1.807, 2.05) is 0 Å². The van der Waals surface area contributed by atoms with Gasteiger partial charge in [0.05, 0.1) is 18.8 Å². The Bertz CT molecular complexity index is 1440. The van der Waals surface area contributed by atoms with Gasteiger partial charge >= 0.3 is 6.03 Å². The number of carbonyl (C=O) groups is 1. The van der Waals surface area contributed by atoms with Gasteiger partial charge in [-0.1, -0.05) is 37.3 Å². The molecule has 2 N–H and O–H groups in total. The number of carbonyl (C=O) groups excluding carboxylic acids is 1. The number of fused-ring (bicyclic) bond motifs is 1. The van der Waals surface area contributed by atoms with E-state index >= 15 is 0 Å². The third kappa shape index (κ3) is 6.21. The highest BCUT2D eigenvalue weighted by Gasteiger charge is 2.38. The lowest BCUT2D eigenvalue weighted by atomic mass is 10.0. The molecule has 0 bridgehead atoms. The van der Waals surface area contributed by atoms with Crippen LogP contribution in [0, 0.1) is 17.6 Å². The van der Waals surface area contributed by atoms with E-state index in [0.717, 1.165) is 0 Å². The van der Waals surface area contributed by atoms with E-state index in [-0.39, 0.29) is 36.0 Å². The fraction of sp³-hybridized carbons (Fsp3) is 0.321. The molecule has 0 aromatic heterocycles. The summed E-state index contributed by atoms with van der Waals surface area (Å²) in [7, 11) is -2.52. The normalized spacial score (nSPS) is 19.6. The summed E-state index contributed by atoms with van der Waals surface area (Å²) >= 11 is 0. The summed E-state index contributed by atoms with van der Waals surface area (Å²) in [6, 6.07) is 14.9. The molecule has 3 aromatic rings. The Labute approximate surface area is 226 Å². The zero-order valence-electron chi connectivity index (χ0n) is 21.8. The van der Waals surface area contributed by atoms with Gasteiger partial charge in [-0.15, -0.1) is 0 Å². The van der Waals surface area contributed by atoms with Crippen LogP contribution in [0.3, 0.4) is 0 Å². The first-order chi connectivity index (χ1) is 18.5. The molecular weight excluding hydrogens is 528 g/mol. The molecule has 0 spiro atoms. The van der Waals surface area contributed by atoms with Crippen LogP contribution >= 0.6 is 0 Å². The highest BCUT2D eigenvalue weighted by molar-refractivity contribution is 7.89. The number of rotatable bonds is 6. The summed E-state index contributed by atoms with van der Waals surface area (Å²) in [5.41, 5.74) is 1.31. The van der Waals surface area contributed by atoms with Crippen LogP contribution in [-0.2, 0) is 10.0 Å². The maximum absolute atomic E-state index is 14.1. The van der Waals surface area contributed by atoms with Crippen LogP contribution in [0.1, 0.15) is 13.8 Å². The van der Waals surface area contributed by atoms with Gasteiger partial charge in [0.25, 0.3) is 0 Å². The molecular formula is C28H31F2N3O5S. The molecule has 11 heteroatoms. The van der Waals surface area contributed by atoms with Gasteiger partial charge in [-0.3, -0.25) is 0 Å². The van der Waals surface area contributed by atoms with E-state index in [9.17, 15) is 27.1 Å². The number of nitrogens with zero attached hydrogens (tertiary/aromatic N) is 2. The van der Waals surface area contributed by atoms with Gasteiger partial charge in [-0.2, -0.15) is 4.31 Å². The number of benzene rings is 3. The Hall–Kier alpha value is -3.54. The first-order valence-electron chi connectivity index (χ1n) is 12.5. The summed E-state index contributed by atoms with van der Waals surface area (Å²) in [6.45, 7) is 3.13. The SMILES string of the molecule is C[C@H](CO)N1C[C@H](C)[C@@H](CN(C)C(=O)Nc2ccccc2F)Oc2cc(-c3ccc(F)cc3)ccc2S1(=O)=O. The third-order valence-corrected chi connectivity index (χ3v) is 8.78. The average molecular weight is 560 g/mol. The zero-order chi connectivity index (χ0) is 28.3. The smallest absolute Gasteiger partial charge is 0.321 e. The van der Waals surface area contributed by atoms with Gasteiger partial charge < -0.3 is 20.1 Å². The molecule has 0 aliphatic carbocycles. The lowest BCUT2D eigenvalue weighted by Gasteiger charge is -2.37. The van der Waals surface area contributed by atoms with Crippen LogP contribution < -0.4 is 10.1 Å². The van der Waals surface area contributed by atoms with Crippen LogP contribution in [0.15, 0.2) is 71.6 Å². The summed E-state index contributed by atoms with van der Waals surface area (Å²) < 4.78 is 62.4. The van der Waals surface area contributed by atoms with Crippen molar-refractivity contribution in [3.05, 3.63) is 78.4 Å². The third-order valence-electron chi connectivity index (χ3n) is 6.76. The van der Waals surface area contributed by atoms with Gasteiger partial charge in [0.1, 0.15) is 28.4 Å². The van der Waals surface area contributed by atoms with Crippen molar-refractivity contribution in [2.24, 2.45) is 5.92 Å². The van der Waals surface area contributed by atoms with Crippen molar-refractivity contribution in [2.45, 2.75) is 30.9 Å². The predicted octanol–water partition coefficient (Wildman–Crippen LogP) is 4.56. The molecule has 0 saturated heterocycles. The molecule has 8 nitrogen and oxygen atoms in total. The monoisotopic (exact) mass is 559 g/mol. The second-order valence-corrected chi connectivity index (χ2v) is 11.6. The number of para-hydroxylation sites is 1. The van der Waals surface area contributed by atoms with E-state index in [0.29, 0.717) is 11.1 Å². The van der Waals surface area contributed by atoms with Gasteiger partial charge in [-0.05, 0) is 54.4 Å². The number of aliphatic hydroxyl groups excluding tert-OH is 1. The molecule has 2 amide bonds. The number of halogens is 2. The zero-order valence-corrected chi connectivity index (χ0v) is 22.7. The lowest BCUT2D eigenvalue weighted by molar-refractivity contribution is 0.0830. The first kappa shape index (κ1) is 28.5. The van der Waals surface area contributed by atoms with Crippen molar-refractivity contribution in [3.63, 3.8) is 0 Å². The molecule has 1 heterocycles.